The van der Waals surface area contributed by atoms with Crippen molar-refractivity contribution in [2.75, 3.05) is 25.1 Å². The van der Waals surface area contributed by atoms with Crippen LogP contribution in [0, 0.1) is 5.92 Å². The van der Waals surface area contributed by atoms with Crippen LogP contribution in [-0.4, -0.2) is 44.7 Å². The molecule has 7 nitrogen and oxygen atoms in total. The molecule has 2 fully saturated rings. The first kappa shape index (κ1) is 23.6. The molecule has 1 unspecified atom stereocenters. The van der Waals surface area contributed by atoms with Crippen molar-refractivity contribution in [1.82, 2.24) is 14.3 Å². The van der Waals surface area contributed by atoms with Gasteiger partial charge in [0.2, 0.25) is 0 Å². The Bertz CT molecular complexity index is 1380. The highest BCUT2D eigenvalue weighted by Crippen LogP contribution is 2.35. The molecule has 9 heteroatoms. The number of amides is 1. The van der Waals surface area contributed by atoms with Crippen LogP contribution in [0.25, 0.3) is 11.7 Å². The van der Waals surface area contributed by atoms with Crippen molar-refractivity contribution in [1.29, 1.82) is 0 Å². The standard InChI is InChI=1S/C26H26N4O3S2/c1-17-6-5-12-28(15-17)23-20(24(31)29-13-4-3-7-22(29)27-23)14-21-25(32)30(26(34)35-21)16-18-8-10-19(33-2)11-9-18/h3-4,7-11,13-14,17H,5-6,12,15-16H2,1-2H3. The Morgan fingerprint density at radius 1 is 1.20 bits per heavy atom. The number of nitrogens with zero attached hydrogens (tertiary/aromatic N) is 4. The van der Waals surface area contributed by atoms with Crippen molar-refractivity contribution in [2.45, 2.75) is 26.3 Å². The zero-order valence-corrected chi connectivity index (χ0v) is 21.3. The molecule has 180 valence electrons. The van der Waals surface area contributed by atoms with Gasteiger partial charge in [-0.1, -0.05) is 49.1 Å². The summed E-state index contributed by atoms with van der Waals surface area (Å²) in [5.41, 5.74) is 1.77. The number of piperidine rings is 1. The third-order valence-electron chi connectivity index (χ3n) is 6.35. The maximum Gasteiger partial charge on any atom is 0.267 e. The van der Waals surface area contributed by atoms with Gasteiger partial charge in [-0.25, -0.2) is 4.98 Å². The summed E-state index contributed by atoms with van der Waals surface area (Å²) in [4.78, 5) is 35.9. The fraction of sp³-hybridized carbons (Fsp3) is 0.308. The molecule has 3 aromatic rings. The van der Waals surface area contributed by atoms with E-state index < -0.39 is 0 Å². The van der Waals surface area contributed by atoms with Gasteiger partial charge in [0.05, 0.1) is 24.1 Å². The molecule has 1 aromatic carbocycles. The number of ether oxygens (including phenoxy) is 1. The molecular formula is C26H26N4O3S2. The van der Waals surface area contributed by atoms with Gasteiger partial charge in [-0.3, -0.25) is 18.9 Å². The first-order valence-electron chi connectivity index (χ1n) is 11.6. The smallest absolute Gasteiger partial charge is 0.267 e. The van der Waals surface area contributed by atoms with Crippen LogP contribution in [0.5, 0.6) is 5.75 Å². The predicted octanol–water partition coefficient (Wildman–Crippen LogP) is 4.34. The summed E-state index contributed by atoms with van der Waals surface area (Å²) in [6, 6.07) is 13.0. The van der Waals surface area contributed by atoms with Gasteiger partial charge < -0.3 is 9.64 Å². The lowest BCUT2D eigenvalue weighted by atomic mass is 10.00. The van der Waals surface area contributed by atoms with Gasteiger partial charge >= 0.3 is 0 Å². The molecule has 35 heavy (non-hydrogen) atoms. The number of carbonyl (C=O) groups excluding carboxylic acids is 1. The maximum atomic E-state index is 13.6. The van der Waals surface area contributed by atoms with E-state index in [2.05, 4.69) is 11.8 Å². The zero-order chi connectivity index (χ0) is 24.5. The molecule has 0 N–H and O–H groups in total. The van der Waals surface area contributed by atoms with Gasteiger partial charge in [0.1, 0.15) is 21.5 Å². The third-order valence-corrected chi connectivity index (χ3v) is 7.73. The minimum Gasteiger partial charge on any atom is -0.497 e. The number of thioether (sulfide) groups is 1. The molecule has 4 heterocycles. The molecule has 2 aliphatic rings. The molecular weight excluding hydrogens is 480 g/mol. The van der Waals surface area contributed by atoms with Crippen molar-refractivity contribution in [3.05, 3.63) is 75.0 Å². The molecule has 2 aliphatic heterocycles. The van der Waals surface area contributed by atoms with E-state index in [0.29, 0.717) is 38.7 Å². The molecule has 2 saturated heterocycles. The lowest BCUT2D eigenvalue weighted by Crippen LogP contribution is -2.37. The number of rotatable bonds is 5. The Labute approximate surface area is 213 Å². The monoisotopic (exact) mass is 506 g/mol. The SMILES string of the molecule is COc1ccc(CN2C(=O)C(=Cc3c(N4CCCC(C)C4)nc4ccccn4c3=O)SC2=S)cc1. The van der Waals surface area contributed by atoms with Crippen LogP contribution in [0.1, 0.15) is 30.9 Å². The number of hydrogen-bond donors (Lipinski definition) is 0. The van der Waals surface area contributed by atoms with E-state index in [0.717, 1.165) is 37.2 Å². The molecule has 0 radical (unpaired) electrons. The highest BCUT2D eigenvalue weighted by atomic mass is 32.2. The van der Waals surface area contributed by atoms with E-state index in [9.17, 15) is 9.59 Å². The van der Waals surface area contributed by atoms with Crippen molar-refractivity contribution in [3.8, 4) is 5.75 Å². The van der Waals surface area contributed by atoms with Crippen molar-refractivity contribution in [3.63, 3.8) is 0 Å². The summed E-state index contributed by atoms with van der Waals surface area (Å²) in [5.74, 6) is 1.69. The fourth-order valence-electron chi connectivity index (χ4n) is 4.52. The predicted molar refractivity (Wildman–Crippen MR) is 144 cm³/mol. The van der Waals surface area contributed by atoms with Crippen LogP contribution < -0.4 is 15.2 Å². The number of anilines is 1. The minimum absolute atomic E-state index is 0.191. The number of methoxy groups -OCH3 is 1. The van der Waals surface area contributed by atoms with E-state index in [1.807, 2.05) is 36.4 Å². The quantitative estimate of drug-likeness (QED) is 0.377. The summed E-state index contributed by atoms with van der Waals surface area (Å²) in [6.45, 7) is 4.23. The number of hydrogen-bond acceptors (Lipinski definition) is 7. The number of thiocarbonyl (C=S) groups is 1. The number of pyridine rings is 1. The molecule has 1 amide bonds. The Morgan fingerprint density at radius 2 is 2.00 bits per heavy atom. The van der Waals surface area contributed by atoms with Crippen LogP contribution in [0.4, 0.5) is 5.82 Å². The van der Waals surface area contributed by atoms with Crippen molar-refractivity contribution < 1.29 is 9.53 Å². The van der Waals surface area contributed by atoms with Gasteiger partial charge in [0, 0.05) is 19.3 Å². The van der Waals surface area contributed by atoms with Crippen LogP contribution in [0.2, 0.25) is 0 Å². The van der Waals surface area contributed by atoms with Crippen molar-refractivity contribution >= 4 is 51.7 Å². The normalized spacial score (nSPS) is 19.7. The summed E-state index contributed by atoms with van der Waals surface area (Å²) in [7, 11) is 1.62. The van der Waals surface area contributed by atoms with Gasteiger partial charge in [-0.05, 0) is 54.7 Å². The molecule has 0 bridgehead atoms. The van der Waals surface area contributed by atoms with Gasteiger partial charge in [-0.15, -0.1) is 0 Å². The highest BCUT2D eigenvalue weighted by Gasteiger charge is 2.33. The first-order valence-corrected chi connectivity index (χ1v) is 12.8. The first-order chi connectivity index (χ1) is 16.9. The third kappa shape index (κ3) is 4.70. The van der Waals surface area contributed by atoms with Crippen LogP contribution in [0.3, 0.4) is 0 Å². The lowest BCUT2D eigenvalue weighted by molar-refractivity contribution is -0.122. The second-order valence-corrected chi connectivity index (χ2v) is 10.6. The summed E-state index contributed by atoms with van der Waals surface area (Å²) in [6.07, 6.45) is 5.58. The molecule has 5 rings (SSSR count). The Kier molecular flexibility index (Phi) is 6.62. The summed E-state index contributed by atoms with van der Waals surface area (Å²) >= 11 is 6.76. The fourth-order valence-corrected chi connectivity index (χ4v) is 5.76. The van der Waals surface area contributed by atoms with Crippen LogP contribution in [0.15, 0.2) is 58.4 Å². The Balaban J connectivity index is 1.52. The highest BCUT2D eigenvalue weighted by molar-refractivity contribution is 8.26. The molecule has 0 saturated carbocycles. The molecule has 1 atom stereocenters. The summed E-state index contributed by atoms with van der Waals surface area (Å²) < 4.78 is 7.21. The molecule has 0 spiro atoms. The minimum atomic E-state index is -0.202. The van der Waals surface area contributed by atoms with E-state index >= 15 is 0 Å². The average molecular weight is 507 g/mol. The topological polar surface area (TPSA) is 67.2 Å². The van der Waals surface area contributed by atoms with E-state index in [4.69, 9.17) is 21.9 Å². The van der Waals surface area contributed by atoms with Gasteiger partial charge in [-0.2, -0.15) is 0 Å². The Hall–Kier alpha value is -3.17. The summed E-state index contributed by atoms with van der Waals surface area (Å²) in [5, 5.41) is 0. The van der Waals surface area contributed by atoms with Crippen LogP contribution >= 0.6 is 24.0 Å². The largest absolute Gasteiger partial charge is 0.497 e. The van der Waals surface area contributed by atoms with E-state index in [-0.39, 0.29) is 11.5 Å². The Morgan fingerprint density at radius 3 is 2.74 bits per heavy atom. The lowest BCUT2D eigenvalue weighted by Gasteiger charge is -2.32. The number of aromatic nitrogens is 2. The number of fused-ring (bicyclic) bond motifs is 1. The van der Waals surface area contributed by atoms with Crippen molar-refractivity contribution in [2.24, 2.45) is 5.92 Å². The van der Waals surface area contributed by atoms with Crippen LogP contribution in [-0.2, 0) is 11.3 Å². The van der Waals surface area contributed by atoms with Gasteiger partial charge in [0.15, 0.2) is 0 Å². The average Bonchev–Trinajstić information content (AvgIpc) is 3.13. The molecule has 0 aliphatic carbocycles. The maximum absolute atomic E-state index is 13.6. The van der Waals surface area contributed by atoms with Gasteiger partial charge in [0.25, 0.3) is 11.5 Å². The number of carbonyl (C=O) groups is 1. The number of benzene rings is 1. The van der Waals surface area contributed by atoms with E-state index in [1.54, 1.807) is 30.3 Å². The second kappa shape index (κ2) is 9.83. The zero-order valence-electron chi connectivity index (χ0n) is 19.6. The van der Waals surface area contributed by atoms with E-state index in [1.165, 1.54) is 16.2 Å². The molecule has 2 aromatic heterocycles. The second-order valence-electron chi connectivity index (χ2n) is 8.89.